The zero-order valence-corrected chi connectivity index (χ0v) is 14.6. The van der Waals surface area contributed by atoms with Crippen LogP contribution in [0.4, 0.5) is 0 Å². The van der Waals surface area contributed by atoms with Gasteiger partial charge in [-0.3, -0.25) is 4.79 Å². The zero-order valence-electron chi connectivity index (χ0n) is 13.7. The summed E-state index contributed by atoms with van der Waals surface area (Å²) in [5.41, 5.74) is 3.91. The van der Waals surface area contributed by atoms with Gasteiger partial charge in [-0.25, -0.2) is 13.1 Å². The summed E-state index contributed by atoms with van der Waals surface area (Å²) in [5.74, 6) is -0.993. The predicted molar refractivity (Wildman–Crippen MR) is 92.6 cm³/mol. The minimum absolute atomic E-state index is 0.0846. The van der Waals surface area contributed by atoms with Gasteiger partial charge in [0.05, 0.1) is 11.3 Å². The van der Waals surface area contributed by atoms with Crippen LogP contribution < -0.4 is 4.72 Å². The maximum Gasteiger partial charge on any atom is 0.307 e. The molecule has 0 saturated carbocycles. The van der Waals surface area contributed by atoms with E-state index in [9.17, 15) is 13.2 Å². The number of rotatable bonds is 7. The van der Waals surface area contributed by atoms with Crippen LogP contribution >= 0.6 is 0 Å². The fourth-order valence-electron chi connectivity index (χ4n) is 2.37. The molecule has 2 aromatic carbocycles. The van der Waals surface area contributed by atoms with Crippen LogP contribution in [0, 0.1) is 13.8 Å². The Kier molecular flexibility index (Phi) is 5.75. The van der Waals surface area contributed by atoms with E-state index in [2.05, 4.69) is 10.8 Å². The number of sulfonamides is 1. The lowest BCUT2D eigenvalue weighted by atomic mass is 10.0. The number of aliphatic carboxylic acids is 1. The molecule has 0 spiro atoms. The van der Waals surface area contributed by atoms with Crippen molar-refractivity contribution >= 4 is 16.0 Å². The van der Waals surface area contributed by atoms with Crippen molar-refractivity contribution in [1.82, 2.24) is 4.72 Å². The molecule has 24 heavy (non-hydrogen) atoms. The Morgan fingerprint density at radius 2 is 1.79 bits per heavy atom. The maximum absolute atomic E-state index is 12.3. The molecule has 0 fully saturated rings. The highest BCUT2D eigenvalue weighted by molar-refractivity contribution is 7.89. The third-order valence-corrected chi connectivity index (χ3v) is 5.30. The number of benzene rings is 2. The highest BCUT2D eigenvalue weighted by Crippen LogP contribution is 2.13. The van der Waals surface area contributed by atoms with Crippen molar-refractivity contribution in [2.45, 2.75) is 31.6 Å². The molecule has 2 aromatic rings. The van der Waals surface area contributed by atoms with E-state index >= 15 is 0 Å². The first kappa shape index (κ1) is 18.2. The summed E-state index contributed by atoms with van der Waals surface area (Å²) in [7, 11) is -3.65. The lowest BCUT2D eigenvalue weighted by Gasteiger charge is -2.09. The second-order valence-corrected chi connectivity index (χ2v) is 7.55. The minimum Gasteiger partial charge on any atom is -0.481 e. The van der Waals surface area contributed by atoms with Gasteiger partial charge in [-0.05, 0) is 54.7 Å². The summed E-state index contributed by atoms with van der Waals surface area (Å²) in [6.45, 7) is 4.34. The molecule has 0 saturated heterocycles. The van der Waals surface area contributed by atoms with Gasteiger partial charge in [-0.2, -0.15) is 0 Å². The summed E-state index contributed by atoms with van der Waals surface area (Å²) in [5, 5.41) is 8.80. The normalized spacial score (nSPS) is 11.4. The van der Waals surface area contributed by atoms with Crippen molar-refractivity contribution in [2.24, 2.45) is 0 Å². The van der Waals surface area contributed by atoms with E-state index < -0.39 is 16.0 Å². The van der Waals surface area contributed by atoms with E-state index in [1.165, 1.54) is 23.3 Å². The highest BCUT2D eigenvalue weighted by Gasteiger charge is 2.14. The Hall–Kier alpha value is -2.18. The van der Waals surface area contributed by atoms with Crippen LogP contribution in [-0.4, -0.2) is 26.0 Å². The Bertz CT molecular complexity index is 844. The topological polar surface area (TPSA) is 83.5 Å². The zero-order chi connectivity index (χ0) is 17.7. The molecule has 5 nitrogen and oxygen atoms in total. The van der Waals surface area contributed by atoms with E-state index in [-0.39, 0.29) is 17.9 Å². The first-order chi connectivity index (χ1) is 11.3. The molecule has 0 radical (unpaired) electrons. The van der Waals surface area contributed by atoms with Crippen LogP contribution in [0.25, 0.3) is 0 Å². The number of carboxylic acid groups (broad SMARTS) is 1. The summed E-state index contributed by atoms with van der Waals surface area (Å²) in [6.07, 6.45) is 0.390. The predicted octanol–water partition coefficient (Wildman–Crippen LogP) is 2.45. The molecule has 0 aliphatic rings. The smallest absolute Gasteiger partial charge is 0.307 e. The summed E-state index contributed by atoms with van der Waals surface area (Å²) >= 11 is 0. The molecule has 0 bridgehead atoms. The Morgan fingerprint density at radius 1 is 1.04 bits per heavy atom. The number of hydrogen-bond acceptors (Lipinski definition) is 3. The number of carbonyl (C=O) groups is 1. The fraction of sp³-hybridized carbons (Fsp3) is 0.278. The number of aryl methyl sites for hydroxylation is 2. The average Bonchev–Trinajstić information content (AvgIpc) is 2.50. The van der Waals surface area contributed by atoms with Gasteiger partial charge in [0.1, 0.15) is 0 Å². The monoisotopic (exact) mass is 347 g/mol. The first-order valence-electron chi connectivity index (χ1n) is 7.64. The average molecular weight is 347 g/mol. The van der Waals surface area contributed by atoms with Crippen molar-refractivity contribution in [3.63, 3.8) is 0 Å². The van der Waals surface area contributed by atoms with Gasteiger partial charge < -0.3 is 5.11 Å². The minimum atomic E-state index is -3.65. The van der Waals surface area contributed by atoms with Crippen molar-refractivity contribution in [1.29, 1.82) is 0 Å². The summed E-state index contributed by atoms with van der Waals surface area (Å²) < 4.78 is 27.2. The molecule has 0 aliphatic carbocycles. The number of hydrogen-bond donors (Lipinski definition) is 2. The number of carboxylic acids is 1. The van der Waals surface area contributed by atoms with Crippen LogP contribution in [0.1, 0.15) is 22.3 Å². The van der Waals surface area contributed by atoms with E-state index in [0.29, 0.717) is 12.0 Å². The van der Waals surface area contributed by atoms with E-state index in [1.807, 2.05) is 26.0 Å². The van der Waals surface area contributed by atoms with Gasteiger partial charge in [0, 0.05) is 6.54 Å². The third kappa shape index (κ3) is 4.91. The van der Waals surface area contributed by atoms with Crippen LogP contribution in [0.2, 0.25) is 0 Å². The van der Waals surface area contributed by atoms with Crippen molar-refractivity contribution in [3.05, 3.63) is 64.7 Å². The second kappa shape index (κ2) is 7.59. The highest BCUT2D eigenvalue weighted by atomic mass is 32.2. The fourth-order valence-corrected chi connectivity index (χ4v) is 3.47. The SMILES string of the molecule is Cc1ccc(CCNS(=O)(=O)c2cccc(CC(=O)O)c2)cc1C. The molecular weight excluding hydrogens is 326 g/mol. The Labute approximate surface area is 142 Å². The largest absolute Gasteiger partial charge is 0.481 e. The molecule has 0 aromatic heterocycles. The number of nitrogens with one attached hydrogen (secondary N) is 1. The van der Waals surface area contributed by atoms with Crippen LogP contribution in [0.15, 0.2) is 47.4 Å². The molecule has 6 heteroatoms. The van der Waals surface area contributed by atoms with E-state index in [4.69, 9.17) is 5.11 Å². The molecular formula is C18H21NO4S. The summed E-state index contributed by atoms with van der Waals surface area (Å²) in [6, 6.07) is 12.1. The molecule has 0 heterocycles. The second-order valence-electron chi connectivity index (χ2n) is 5.78. The van der Waals surface area contributed by atoms with E-state index in [1.54, 1.807) is 12.1 Å². The third-order valence-electron chi connectivity index (χ3n) is 3.84. The van der Waals surface area contributed by atoms with Crippen LogP contribution in [0.5, 0.6) is 0 Å². The van der Waals surface area contributed by atoms with Crippen molar-refractivity contribution in [3.8, 4) is 0 Å². The van der Waals surface area contributed by atoms with Gasteiger partial charge >= 0.3 is 5.97 Å². The first-order valence-corrected chi connectivity index (χ1v) is 9.13. The standard InChI is InChI=1S/C18H21NO4S/c1-13-6-7-15(10-14(13)2)8-9-19-24(22,23)17-5-3-4-16(11-17)12-18(20)21/h3-7,10-11,19H,8-9,12H2,1-2H3,(H,20,21). The molecule has 128 valence electrons. The van der Waals surface area contributed by atoms with Gasteiger partial charge in [0.25, 0.3) is 0 Å². The van der Waals surface area contributed by atoms with E-state index in [0.717, 1.165) is 5.56 Å². The molecule has 0 unspecified atom stereocenters. The lowest BCUT2D eigenvalue weighted by molar-refractivity contribution is -0.136. The molecule has 0 atom stereocenters. The van der Waals surface area contributed by atoms with Crippen molar-refractivity contribution in [2.75, 3.05) is 6.54 Å². The quantitative estimate of drug-likeness (QED) is 0.806. The van der Waals surface area contributed by atoms with Crippen LogP contribution in [0.3, 0.4) is 0 Å². The molecule has 0 aliphatic heterocycles. The molecule has 2 N–H and O–H groups in total. The Morgan fingerprint density at radius 3 is 2.46 bits per heavy atom. The van der Waals surface area contributed by atoms with Gasteiger partial charge in [-0.15, -0.1) is 0 Å². The van der Waals surface area contributed by atoms with Gasteiger partial charge in [0.2, 0.25) is 10.0 Å². The van der Waals surface area contributed by atoms with Crippen molar-refractivity contribution < 1.29 is 18.3 Å². The molecule has 0 amide bonds. The van der Waals surface area contributed by atoms with Crippen LogP contribution in [-0.2, 0) is 27.7 Å². The van der Waals surface area contributed by atoms with Gasteiger partial charge in [0.15, 0.2) is 0 Å². The summed E-state index contributed by atoms with van der Waals surface area (Å²) in [4.78, 5) is 10.8. The Balaban J connectivity index is 2.03. The lowest BCUT2D eigenvalue weighted by Crippen LogP contribution is -2.26. The maximum atomic E-state index is 12.3. The van der Waals surface area contributed by atoms with Gasteiger partial charge in [-0.1, -0.05) is 30.3 Å². The molecule has 2 rings (SSSR count).